The van der Waals surface area contributed by atoms with Gasteiger partial charge >= 0.3 is 0 Å². The van der Waals surface area contributed by atoms with Crippen molar-refractivity contribution in [3.05, 3.63) is 34.5 Å². The van der Waals surface area contributed by atoms with Gasteiger partial charge in [-0.25, -0.2) is 0 Å². The summed E-state index contributed by atoms with van der Waals surface area (Å²) in [4.78, 5) is 12.2. The number of nitrogens with zero attached hydrogens (tertiary/aromatic N) is 1. The Hall–Kier alpha value is -1.52. The maximum absolute atomic E-state index is 12.2. The van der Waals surface area contributed by atoms with Crippen molar-refractivity contribution >= 4 is 28.4 Å². The number of hydrogen-bond acceptors (Lipinski definition) is 2. The third kappa shape index (κ3) is 2.46. The molecule has 102 valence electrons. The van der Waals surface area contributed by atoms with Crippen molar-refractivity contribution in [2.24, 2.45) is 0 Å². The van der Waals surface area contributed by atoms with Gasteiger partial charge in [0.25, 0.3) is 5.91 Å². The number of carbonyl (C=O) groups excluding carboxylic acids is 1. The van der Waals surface area contributed by atoms with E-state index in [1.165, 1.54) is 0 Å². The second kappa shape index (κ2) is 5.63. The molecule has 0 aliphatic heterocycles. The van der Waals surface area contributed by atoms with Crippen LogP contribution in [0.15, 0.2) is 18.2 Å². The fraction of sp³-hybridized carbons (Fsp3) is 0.357. The van der Waals surface area contributed by atoms with Crippen LogP contribution in [0.5, 0.6) is 0 Å². The van der Waals surface area contributed by atoms with Crippen molar-refractivity contribution in [2.45, 2.75) is 20.4 Å². The van der Waals surface area contributed by atoms with Crippen molar-refractivity contribution in [2.75, 3.05) is 13.2 Å². The minimum absolute atomic E-state index is 0.0665. The number of aliphatic hydroxyl groups is 1. The van der Waals surface area contributed by atoms with Crippen molar-refractivity contribution in [1.82, 2.24) is 9.88 Å². The number of aryl methyl sites for hydroxylation is 2. The highest BCUT2D eigenvalue weighted by Crippen LogP contribution is 2.28. The molecule has 2 aromatic rings. The van der Waals surface area contributed by atoms with Crippen LogP contribution in [0.3, 0.4) is 0 Å². The molecule has 0 spiro atoms. The monoisotopic (exact) mass is 280 g/mol. The van der Waals surface area contributed by atoms with Crippen molar-refractivity contribution in [1.29, 1.82) is 0 Å². The van der Waals surface area contributed by atoms with Gasteiger partial charge in [-0.15, -0.1) is 0 Å². The van der Waals surface area contributed by atoms with Crippen LogP contribution in [0.4, 0.5) is 0 Å². The van der Waals surface area contributed by atoms with E-state index in [2.05, 4.69) is 5.32 Å². The van der Waals surface area contributed by atoms with Crippen molar-refractivity contribution in [3.8, 4) is 0 Å². The molecule has 2 N–H and O–H groups in total. The summed E-state index contributed by atoms with van der Waals surface area (Å²) in [6.07, 6.45) is 0. The van der Waals surface area contributed by atoms with Gasteiger partial charge in [0.15, 0.2) is 0 Å². The van der Waals surface area contributed by atoms with Gasteiger partial charge < -0.3 is 15.0 Å². The highest BCUT2D eigenvalue weighted by atomic mass is 35.5. The molecular weight excluding hydrogens is 264 g/mol. The van der Waals surface area contributed by atoms with Crippen LogP contribution >= 0.6 is 11.6 Å². The first-order chi connectivity index (χ1) is 9.10. The van der Waals surface area contributed by atoms with Gasteiger partial charge in [0.1, 0.15) is 5.69 Å². The number of fused-ring (bicyclic) bond motifs is 1. The van der Waals surface area contributed by atoms with Gasteiger partial charge in [-0.1, -0.05) is 11.6 Å². The number of benzene rings is 1. The summed E-state index contributed by atoms with van der Waals surface area (Å²) < 4.78 is 1.97. The molecule has 4 nitrogen and oxygen atoms in total. The SMILES string of the molecule is CCn1c(C(=O)NCCO)c(C)c2cc(Cl)ccc21. The summed E-state index contributed by atoms with van der Waals surface area (Å²) in [6, 6.07) is 5.63. The van der Waals surface area contributed by atoms with Gasteiger partial charge in [-0.2, -0.15) is 0 Å². The normalized spacial score (nSPS) is 10.9. The van der Waals surface area contributed by atoms with E-state index < -0.39 is 0 Å². The molecule has 1 amide bonds. The Balaban J connectivity index is 2.59. The summed E-state index contributed by atoms with van der Waals surface area (Å²) in [5.74, 6) is -0.166. The molecule has 1 aromatic carbocycles. The lowest BCUT2D eigenvalue weighted by molar-refractivity contribution is 0.0935. The maximum atomic E-state index is 12.2. The van der Waals surface area contributed by atoms with Crippen LogP contribution in [0.25, 0.3) is 10.9 Å². The van der Waals surface area contributed by atoms with E-state index in [1.54, 1.807) is 0 Å². The lowest BCUT2D eigenvalue weighted by atomic mass is 10.1. The first kappa shape index (κ1) is 13.9. The van der Waals surface area contributed by atoms with E-state index in [0.29, 0.717) is 17.3 Å². The Morgan fingerprint density at radius 2 is 2.21 bits per heavy atom. The highest BCUT2D eigenvalue weighted by Gasteiger charge is 2.19. The van der Waals surface area contributed by atoms with Crippen LogP contribution in [0.1, 0.15) is 23.0 Å². The Labute approximate surface area is 117 Å². The predicted molar refractivity (Wildman–Crippen MR) is 76.8 cm³/mol. The number of halogens is 1. The molecule has 0 aliphatic rings. The molecule has 0 saturated heterocycles. The minimum atomic E-state index is -0.166. The number of nitrogens with one attached hydrogen (secondary N) is 1. The first-order valence-corrected chi connectivity index (χ1v) is 6.65. The molecule has 0 aliphatic carbocycles. The third-order valence-corrected chi connectivity index (χ3v) is 3.44. The van der Waals surface area contributed by atoms with Crippen molar-refractivity contribution < 1.29 is 9.90 Å². The van der Waals surface area contributed by atoms with E-state index in [4.69, 9.17) is 16.7 Å². The van der Waals surface area contributed by atoms with Gasteiger partial charge in [0.2, 0.25) is 0 Å². The van der Waals surface area contributed by atoms with E-state index in [-0.39, 0.29) is 19.1 Å². The zero-order valence-corrected chi connectivity index (χ0v) is 11.8. The third-order valence-electron chi connectivity index (χ3n) is 3.21. The molecule has 19 heavy (non-hydrogen) atoms. The highest BCUT2D eigenvalue weighted by molar-refractivity contribution is 6.31. The Bertz CT molecular complexity index is 619. The summed E-state index contributed by atoms with van der Waals surface area (Å²) in [6.45, 7) is 4.80. The Morgan fingerprint density at radius 3 is 2.84 bits per heavy atom. The zero-order chi connectivity index (χ0) is 14.0. The van der Waals surface area contributed by atoms with Crippen LogP contribution in [0, 0.1) is 6.92 Å². The molecule has 1 aromatic heterocycles. The molecule has 0 bridgehead atoms. The lowest BCUT2D eigenvalue weighted by Gasteiger charge is -2.08. The minimum Gasteiger partial charge on any atom is -0.395 e. The van der Waals surface area contributed by atoms with E-state index >= 15 is 0 Å². The second-order valence-electron chi connectivity index (χ2n) is 4.36. The van der Waals surface area contributed by atoms with Gasteiger partial charge in [-0.05, 0) is 37.6 Å². The molecule has 2 rings (SSSR count). The number of amides is 1. The molecule has 0 saturated carbocycles. The largest absolute Gasteiger partial charge is 0.395 e. The van der Waals surface area contributed by atoms with Gasteiger partial charge in [-0.3, -0.25) is 4.79 Å². The number of aromatic nitrogens is 1. The average Bonchev–Trinajstić information content (AvgIpc) is 2.68. The van der Waals surface area contributed by atoms with E-state index in [9.17, 15) is 4.79 Å². The molecule has 1 heterocycles. The van der Waals surface area contributed by atoms with Crippen LogP contribution in [-0.4, -0.2) is 28.7 Å². The Kier molecular flexibility index (Phi) is 4.12. The molecule has 0 unspecified atom stereocenters. The first-order valence-electron chi connectivity index (χ1n) is 6.27. The second-order valence-corrected chi connectivity index (χ2v) is 4.80. The number of aliphatic hydroxyl groups excluding tert-OH is 1. The molecule has 0 atom stereocenters. The maximum Gasteiger partial charge on any atom is 0.268 e. The quantitative estimate of drug-likeness (QED) is 0.903. The number of carbonyl (C=O) groups is 1. The van der Waals surface area contributed by atoms with Crippen LogP contribution in [-0.2, 0) is 6.54 Å². The molecule has 0 radical (unpaired) electrons. The summed E-state index contributed by atoms with van der Waals surface area (Å²) in [7, 11) is 0. The predicted octanol–water partition coefficient (Wildman–Crippen LogP) is 2.35. The fourth-order valence-electron chi connectivity index (χ4n) is 2.37. The number of hydrogen-bond donors (Lipinski definition) is 2. The topological polar surface area (TPSA) is 54.3 Å². The summed E-state index contributed by atoms with van der Waals surface area (Å²) in [5, 5.41) is 13.1. The smallest absolute Gasteiger partial charge is 0.268 e. The van der Waals surface area contributed by atoms with Gasteiger partial charge in [0.05, 0.1) is 6.61 Å². The van der Waals surface area contributed by atoms with Crippen molar-refractivity contribution in [3.63, 3.8) is 0 Å². The van der Waals surface area contributed by atoms with Crippen LogP contribution < -0.4 is 5.32 Å². The van der Waals surface area contributed by atoms with E-state index in [1.807, 2.05) is 36.6 Å². The number of rotatable bonds is 4. The molecular formula is C14H17ClN2O2. The zero-order valence-electron chi connectivity index (χ0n) is 11.0. The van der Waals surface area contributed by atoms with Crippen LogP contribution in [0.2, 0.25) is 5.02 Å². The summed E-state index contributed by atoms with van der Waals surface area (Å²) in [5.41, 5.74) is 2.54. The molecule has 0 fully saturated rings. The lowest BCUT2D eigenvalue weighted by Crippen LogP contribution is -2.29. The fourth-order valence-corrected chi connectivity index (χ4v) is 2.54. The average molecular weight is 281 g/mol. The molecule has 5 heteroatoms. The van der Waals surface area contributed by atoms with E-state index in [0.717, 1.165) is 16.5 Å². The van der Waals surface area contributed by atoms with Gasteiger partial charge in [0, 0.05) is 29.0 Å². The standard InChI is InChI=1S/C14H17ClN2O2/c1-3-17-12-5-4-10(15)8-11(12)9(2)13(17)14(19)16-6-7-18/h4-5,8,18H,3,6-7H2,1-2H3,(H,16,19). The summed E-state index contributed by atoms with van der Waals surface area (Å²) >= 11 is 6.02. The Morgan fingerprint density at radius 1 is 1.47 bits per heavy atom.